The SMILES string of the molecule is C[C@@]1(c2ccc([O])cc2)CC[C@](C)(c2ccc(O)cc2)N1[O]. The second-order valence-corrected chi connectivity index (χ2v) is 6.41. The standard InChI is InChI=1S/C18H19NO3/c1-17(13-3-7-15(20)8-4-13)11-12-18(2,19(17)22)14-5-9-16(21)10-6-14/h3-10,20H,11-12H2,1-2H3/t17-,18+/m1/s1. The number of hydrogen-bond donors (Lipinski definition) is 1. The van der Waals surface area contributed by atoms with Gasteiger partial charge in [-0.3, -0.25) is 5.11 Å². The lowest BCUT2D eigenvalue weighted by atomic mass is 9.89. The third-order valence-corrected chi connectivity index (χ3v) is 4.96. The molecule has 4 nitrogen and oxygen atoms in total. The first kappa shape index (κ1) is 14.9. The molecule has 114 valence electrons. The van der Waals surface area contributed by atoms with E-state index in [1.54, 1.807) is 36.4 Å². The Kier molecular flexibility index (Phi) is 3.38. The number of hydrogen-bond acceptors (Lipinski definition) is 2. The number of hydroxylamine groups is 2. The van der Waals surface area contributed by atoms with Crippen molar-refractivity contribution in [3.63, 3.8) is 0 Å². The van der Waals surface area contributed by atoms with Crippen molar-refractivity contribution in [3.8, 4) is 11.5 Å². The van der Waals surface area contributed by atoms with Crippen LogP contribution < -0.4 is 0 Å². The maximum atomic E-state index is 13.1. The van der Waals surface area contributed by atoms with E-state index in [0.29, 0.717) is 6.42 Å². The molecular formula is C18H19NO3. The second-order valence-electron chi connectivity index (χ2n) is 6.41. The Balaban J connectivity index is 1.98. The van der Waals surface area contributed by atoms with E-state index in [4.69, 9.17) is 0 Å². The minimum atomic E-state index is -0.652. The molecule has 1 aliphatic heterocycles. The molecule has 0 unspecified atom stereocenters. The van der Waals surface area contributed by atoms with Crippen LogP contribution in [-0.4, -0.2) is 10.2 Å². The predicted octanol–water partition coefficient (Wildman–Crippen LogP) is 4.11. The molecule has 2 aromatic rings. The maximum Gasteiger partial charge on any atom is 0.178 e. The third kappa shape index (κ3) is 2.16. The zero-order valence-corrected chi connectivity index (χ0v) is 12.7. The second kappa shape index (κ2) is 5.00. The van der Waals surface area contributed by atoms with Crippen LogP contribution in [0, 0.1) is 0 Å². The van der Waals surface area contributed by atoms with Gasteiger partial charge in [0, 0.05) is 0 Å². The van der Waals surface area contributed by atoms with Crippen LogP contribution in [0.2, 0.25) is 0 Å². The lowest BCUT2D eigenvalue weighted by Gasteiger charge is -2.37. The van der Waals surface area contributed by atoms with Crippen LogP contribution in [0.3, 0.4) is 0 Å². The smallest absolute Gasteiger partial charge is 0.178 e. The van der Waals surface area contributed by atoms with Crippen LogP contribution in [-0.2, 0) is 21.4 Å². The zero-order chi connectivity index (χ0) is 16.0. The summed E-state index contributed by atoms with van der Waals surface area (Å²) in [5, 5.41) is 35.0. The minimum Gasteiger partial charge on any atom is -0.508 e. The van der Waals surface area contributed by atoms with Crippen molar-refractivity contribution >= 4 is 0 Å². The first-order valence-electron chi connectivity index (χ1n) is 7.41. The normalized spacial score (nSPS) is 28.9. The Morgan fingerprint density at radius 3 is 1.73 bits per heavy atom. The molecule has 4 heteroatoms. The molecule has 1 N–H and O–H groups in total. The van der Waals surface area contributed by atoms with Crippen molar-refractivity contribution in [1.82, 2.24) is 5.06 Å². The number of rotatable bonds is 2. The fraction of sp³-hybridized carbons (Fsp3) is 0.333. The summed E-state index contributed by atoms with van der Waals surface area (Å²) in [5.74, 6) is 0.140. The third-order valence-electron chi connectivity index (χ3n) is 4.96. The van der Waals surface area contributed by atoms with Crippen molar-refractivity contribution in [2.24, 2.45) is 0 Å². The number of phenolic OH excluding ortho intramolecular Hbond substituents is 1. The maximum absolute atomic E-state index is 13.1. The number of nitrogens with zero attached hydrogens (tertiary/aromatic N) is 1. The number of benzene rings is 2. The fourth-order valence-corrected chi connectivity index (χ4v) is 3.39. The highest BCUT2D eigenvalue weighted by Gasteiger charge is 2.52. The Morgan fingerprint density at radius 1 is 0.864 bits per heavy atom. The predicted molar refractivity (Wildman–Crippen MR) is 81.1 cm³/mol. The molecule has 0 aliphatic carbocycles. The molecule has 2 aromatic carbocycles. The fourth-order valence-electron chi connectivity index (χ4n) is 3.39. The molecule has 1 aliphatic rings. The highest BCUT2D eigenvalue weighted by molar-refractivity contribution is 5.36. The van der Waals surface area contributed by atoms with Crippen molar-refractivity contribution in [3.05, 3.63) is 59.7 Å². The molecule has 2 radical (unpaired) electrons. The molecular weight excluding hydrogens is 278 g/mol. The van der Waals surface area contributed by atoms with Gasteiger partial charge in [-0.25, -0.2) is 0 Å². The summed E-state index contributed by atoms with van der Waals surface area (Å²) in [6.45, 7) is 3.85. The van der Waals surface area contributed by atoms with Gasteiger partial charge in [-0.15, -0.1) is 10.3 Å². The molecule has 22 heavy (non-hydrogen) atoms. The van der Waals surface area contributed by atoms with Gasteiger partial charge < -0.3 is 5.11 Å². The molecule has 0 saturated carbocycles. The van der Waals surface area contributed by atoms with Crippen molar-refractivity contribution in [2.75, 3.05) is 0 Å². The van der Waals surface area contributed by atoms with E-state index in [2.05, 4.69) is 0 Å². The minimum absolute atomic E-state index is 0.0518. The van der Waals surface area contributed by atoms with Gasteiger partial charge in [-0.1, -0.05) is 24.3 Å². The van der Waals surface area contributed by atoms with Gasteiger partial charge in [-0.05, 0) is 62.1 Å². The van der Waals surface area contributed by atoms with E-state index in [-0.39, 0.29) is 11.5 Å². The number of phenols is 1. The highest BCUT2D eigenvalue weighted by atomic mass is 16.5. The summed E-state index contributed by atoms with van der Waals surface area (Å²) < 4.78 is 0. The summed E-state index contributed by atoms with van der Waals surface area (Å²) >= 11 is 0. The Morgan fingerprint density at radius 2 is 1.27 bits per heavy atom. The van der Waals surface area contributed by atoms with E-state index in [1.165, 1.54) is 12.1 Å². The van der Waals surface area contributed by atoms with Gasteiger partial charge in [0.25, 0.3) is 0 Å². The van der Waals surface area contributed by atoms with Gasteiger partial charge in [0.15, 0.2) is 5.75 Å². The highest BCUT2D eigenvalue weighted by Crippen LogP contribution is 2.51. The summed E-state index contributed by atoms with van der Waals surface area (Å²) in [6.07, 6.45) is 1.43. The van der Waals surface area contributed by atoms with E-state index in [0.717, 1.165) is 22.6 Å². The monoisotopic (exact) mass is 297 g/mol. The molecule has 2 atom stereocenters. The van der Waals surface area contributed by atoms with E-state index in [9.17, 15) is 15.4 Å². The average molecular weight is 297 g/mol. The summed E-state index contributed by atoms with van der Waals surface area (Å²) in [7, 11) is 0. The molecule has 1 saturated heterocycles. The first-order valence-corrected chi connectivity index (χ1v) is 7.41. The van der Waals surface area contributed by atoms with Crippen LogP contribution >= 0.6 is 0 Å². The van der Waals surface area contributed by atoms with E-state index < -0.39 is 11.1 Å². The largest absolute Gasteiger partial charge is 0.508 e. The molecule has 1 fully saturated rings. The van der Waals surface area contributed by atoms with E-state index in [1.807, 2.05) is 13.8 Å². The topological polar surface area (TPSA) is 63.3 Å². The van der Waals surface area contributed by atoms with Crippen molar-refractivity contribution in [1.29, 1.82) is 0 Å². The van der Waals surface area contributed by atoms with Crippen LogP contribution in [0.1, 0.15) is 37.8 Å². The van der Waals surface area contributed by atoms with Gasteiger partial charge in [-0.2, -0.15) is 0 Å². The quantitative estimate of drug-likeness (QED) is 0.906. The van der Waals surface area contributed by atoms with Crippen LogP contribution in [0.25, 0.3) is 0 Å². The molecule has 1 heterocycles. The summed E-state index contributed by atoms with van der Waals surface area (Å²) in [6, 6.07) is 13.3. The van der Waals surface area contributed by atoms with Gasteiger partial charge in [0.2, 0.25) is 0 Å². The number of aromatic hydroxyl groups is 1. The molecule has 0 spiro atoms. The Bertz CT molecular complexity index is 608. The lowest BCUT2D eigenvalue weighted by Crippen LogP contribution is -2.44. The van der Waals surface area contributed by atoms with Gasteiger partial charge >= 0.3 is 0 Å². The van der Waals surface area contributed by atoms with Crippen LogP contribution in [0.5, 0.6) is 11.5 Å². The van der Waals surface area contributed by atoms with Crippen LogP contribution in [0.4, 0.5) is 0 Å². The Hall–Kier alpha value is -2.04. The Labute approximate surface area is 130 Å². The first-order chi connectivity index (χ1) is 10.4. The molecule has 0 bridgehead atoms. The van der Waals surface area contributed by atoms with Crippen molar-refractivity contribution in [2.45, 2.75) is 37.8 Å². The summed E-state index contributed by atoms with van der Waals surface area (Å²) in [4.78, 5) is 0. The zero-order valence-electron chi connectivity index (χ0n) is 12.7. The van der Waals surface area contributed by atoms with Gasteiger partial charge in [0.1, 0.15) is 5.75 Å². The van der Waals surface area contributed by atoms with Gasteiger partial charge in [0.05, 0.1) is 11.1 Å². The summed E-state index contributed by atoms with van der Waals surface area (Å²) in [5.41, 5.74) is 0.466. The molecule has 0 aromatic heterocycles. The molecule has 0 amide bonds. The lowest BCUT2D eigenvalue weighted by molar-refractivity contribution is -0.260. The van der Waals surface area contributed by atoms with Crippen LogP contribution in [0.15, 0.2) is 48.5 Å². The molecule has 3 rings (SSSR count). The van der Waals surface area contributed by atoms with E-state index >= 15 is 0 Å². The average Bonchev–Trinajstić information content (AvgIpc) is 2.75. The van der Waals surface area contributed by atoms with Crippen molar-refractivity contribution < 1.29 is 15.4 Å².